The van der Waals surface area contributed by atoms with Gasteiger partial charge in [0.15, 0.2) is 11.6 Å². The molecule has 1 fully saturated rings. The maximum atomic E-state index is 13.6. The van der Waals surface area contributed by atoms with E-state index >= 15 is 0 Å². The smallest absolute Gasteiger partial charge is 0.288 e. The van der Waals surface area contributed by atoms with Crippen molar-refractivity contribution in [1.82, 2.24) is 15.6 Å². The Morgan fingerprint density at radius 2 is 2.00 bits per heavy atom. The van der Waals surface area contributed by atoms with Gasteiger partial charge in [-0.15, -0.1) is 0 Å². The molecule has 22 heavy (non-hydrogen) atoms. The summed E-state index contributed by atoms with van der Waals surface area (Å²) in [5.74, 6) is 0.0428. The first-order valence-corrected chi connectivity index (χ1v) is 7.28. The van der Waals surface area contributed by atoms with Gasteiger partial charge in [-0.05, 0) is 12.1 Å². The van der Waals surface area contributed by atoms with Crippen LogP contribution in [0.25, 0.3) is 0 Å². The van der Waals surface area contributed by atoms with E-state index < -0.39 is 0 Å². The molecule has 6 nitrogen and oxygen atoms in total. The molecule has 0 saturated carbocycles. The van der Waals surface area contributed by atoms with E-state index in [-0.39, 0.29) is 23.6 Å². The van der Waals surface area contributed by atoms with Crippen molar-refractivity contribution in [3.05, 3.63) is 30.1 Å². The van der Waals surface area contributed by atoms with Crippen LogP contribution in [0.5, 0.6) is 5.75 Å². The Kier molecular flexibility index (Phi) is 5.57. The fourth-order valence-electron chi connectivity index (χ4n) is 2.39. The number of halogens is 1. The Hall–Kier alpha value is -2.31. The lowest BCUT2D eigenvalue weighted by atomic mass is 10.1. The third-order valence-corrected chi connectivity index (χ3v) is 3.52. The molecule has 1 aliphatic heterocycles. The summed E-state index contributed by atoms with van der Waals surface area (Å²) in [5, 5.41) is 6.59. The maximum Gasteiger partial charge on any atom is 0.288 e. The second kappa shape index (κ2) is 7.63. The molecule has 2 N–H and O–H groups in total. The lowest BCUT2D eigenvalue weighted by Gasteiger charge is -2.33. The van der Waals surface area contributed by atoms with Crippen molar-refractivity contribution in [2.45, 2.75) is 18.9 Å². The highest BCUT2D eigenvalue weighted by molar-refractivity contribution is 6.37. The molecule has 0 aliphatic carbocycles. The topological polar surface area (TPSA) is 66.0 Å². The third-order valence-electron chi connectivity index (χ3n) is 3.52. The van der Waals surface area contributed by atoms with Gasteiger partial charge >= 0.3 is 0 Å². The molecule has 1 aliphatic rings. The third kappa shape index (κ3) is 3.87. The Bertz CT molecular complexity index is 542. The van der Waals surface area contributed by atoms with Gasteiger partial charge in [-0.2, -0.15) is 5.10 Å². The van der Waals surface area contributed by atoms with Gasteiger partial charge < -0.3 is 20.4 Å². The van der Waals surface area contributed by atoms with Crippen LogP contribution >= 0.6 is 0 Å². The molecule has 120 valence electrons. The number of amidine groups is 1. The van der Waals surface area contributed by atoms with Crippen LogP contribution in [0.15, 0.2) is 29.4 Å². The van der Waals surface area contributed by atoms with Crippen molar-refractivity contribution in [3.63, 3.8) is 0 Å². The van der Waals surface area contributed by atoms with Crippen LogP contribution in [0.1, 0.15) is 12.8 Å². The van der Waals surface area contributed by atoms with E-state index in [1.165, 1.54) is 6.07 Å². The van der Waals surface area contributed by atoms with Gasteiger partial charge in [-0.1, -0.05) is 12.1 Å². The zero-order chi connectivity index (χ0) is 15.9. The number of rotatable bonds is 3. The van der Waals surface area contributed by atoms with E-state index in [0.29, 0.717) is 31.8 Å². The summed E-state index contributed by atoms with van der Waals surface area (Å²) in [6.07, 6.45) is 1.34. The van der Waals surface area contributed by atoms with Crippen molar-refractivity contribution < 1.29 is 13.9 Å². The Morgan fingerprint density at radius 3 is 2.59 bits per heavy atom. The van der Waals surface area contributed by atoms with Gasteiger partial charge in [0.1, 0.15) is 6.10 Å². The highest BCUT2D eigenvalue weighted by Gasteiger charge is 2.26. The maximum absolute atomic E-state index is 13.6. The fraction of sp³-hybridized carbons (Fsp3) is 0.467. The first-order valence-electron chi connectivity index (χ1n) is 7.28. The summed E-state index contributed by atoms with van der Waals surface area (Å²) in [6, 6.07) is 6.39. The molecule has 0 atom stereocenters. The number of hydrogen-bond acceptors (Lipinski definition) is 4. The van der Waals surface area contributed by atoms with Gasteiger partial charge in [0.2, 0.25) is 5.84 Å². The molecule has 0 spiro atoms. The predicted molar refractivity (Wildman–Crippen MR) is 82.2 cm³/mol. The Morgan fingerprint density at radius 1 is 1.32 bits per heavy atom. The van der Waals surface area contributed by atoms with Gasteiger partial charge in [0, 0.05) is 40.0 Å². The van der Waals surface area contributed by atoms with E-state index in [2.05, 4.69) is 15.8 Å². The number of nitrogens with one attached hydrogen (secondary N) is 2. The molecular weight excluding hydrogens is 287 g/mol. The monoisotopic (exact) mass is 308 g/mol. The van der Waals surface area contributed by atoms with E-state index in [1.807, 2.05) is 4.90 Å². The molecular formula is C15H21FN4O2. The van der Waals surface area contributed by atoms with Crippen molar-refractivity contribution >= 4 is 11.7 Å². The van der Waals surface area contributed by atoms with Crippen LogP contribution in [-0.2, 0) is 4.79 Å². The molecule has 0 radical (unpaired) electrons. The minimum atomic E-state index is -0.354. The molecule has 1 heterocycles. The lowest BCUT2D eigenvalue weighted by molar-refractivity contribution is -0.115. The van der Waals surface area contributed by atoms with Crippen LogP contribution in [0.4, 0.5) is 4.39 Å². The zero-order valence-electron chi connectivity index (χ0n) is 12.8. The van der Waals surface area contributed by atoms with Crippen molar-refractivity contribution in [2.24, 2.45) is 5.10 Å². The second-order valence-corrected chi connectivity index (χ2v) is 4.97. The number of likely N-dealkylation sites (tertiary alicyclic amines) is 1. The molecule has 7 heteroatoms. The molecule has 1 aromatic rings. The minimum Gasteiger partial charge on any atom is -0.487 e. The quantitative estimate of drug-likeness (QED) is 0.496. The molecule has 1 aromatic carbocycles. The van der Waals surface area contributed by atoms with E-state index in [4.69, 9.17) is 4.74 Å². The average Bonchev–Trinajstić information content (AvgIpc) is 2.55. The molecule has 0 aromatic heterocycles. The second-order valence-electron chi connectivity index (χ2n) is 4.97. The average molecular weight is 308 g/mol. The molecule has 0 bridgehead atoms. The number of amides is 1. The van der Waals surface area contributed by atoms with Gasteiger partial charge in [0.05, 0.1) is 0 Å². The van der Waals surface area contributed by atoms with Gasteiger partial charge in [0.25, 0.3) is 5.91 Å². The number of hydrazone groups is 1. The number of carbonyl (C=O) groups is 1. The summed E-state index contributed by atoms with van der Waals surface area (Å²) in [5.41, 5.74) is 2.64. The number of benzene rings is 1. The molecule has 0 unspecified atom stereocenters. The first-order chi connectivity index (χ1) is 10.7. The molecule has 2 rings (SSSR count). The SMILES string of the molecule is CN/N=C(\C(=O)NC)N1CCC(Oc2ccccc2F)CC1. The number of piperidine rings is 1. The fourth-order valence-corrected chi connectivity index (χ4v) is 2.39. The highest BCUT2D eigenvalue weighted by Crippen LogP contribution is 2.21. The Balaban J connectivity index is 1.94. The standard InChI is InChI=1S/C15H21FN4O2/c1-17-15(21)14(19-18-2)20-9-7-11(8-10-20)22-13-6-4-3-5-12(13)16/h3-6,11,18H,7-10H2,1-2H3,(H,17,21)/b19-14+. The number of nitrogens with zero attached hydrogens (tertiary/aromatic N) is 2. The number of hydrogen-bond donors (Lipinski definition) is 2. The van der Waals surface area contributed by atoms with Gasteiger partial charge in [-0.25, -0.2) is 4.39 Å². The summed E-state index contributed by atoms with van der Waals surface area (Å²) in [4.78, 5) is 13.7. The van der Waals surface area contributed by atoms with Crippen LogP contribution in [0.3, 0.4) is 0 Å². The summed E-state index contributed by atoms with van der Waals surface area (Å²) >= 11 is 0. The van der Waals surface area contributed by atoms with Crippen LogP contribution in [0.2, 0.25) is 0 Å². The molecule has 1 saturated heterocycles. The summed E-state index contributed by atoms with van der Waals surface area (Å²) in [6.45, 7) is 1.26. The zero-order valence-corrected chi connectivity index (χ0v) is 12.8. The minimum absolute atomic E-state index is 0.0614. The summed E-state index contributed by atoms with van der Waals surface area (Å²) < 4.78 is 19.3. The highest BCUT2D eigenvalue weighted by atomic mass is 19.1. The lowest BCUT2D eigenvalue weighted by Crippen LogP contribution is -2.48. The number of ether oxygens (including phenoxy) is 1. The van der Waals surface area contributed by atoms with Crippen molar-refractivity contribution in [2.75, 3.05) is 27.2 Å². The van der Waals surface area contributed by atoms with Crippen LogP contribution < -0.4 is 15.5 Å². The Labute approximate surface area is 129 Å². The largest absolute Gasteiger partial charge is 0.487 e. The van der Waals surface area contributed by atoms with E-state index in [0.717, 1.165) is 0 Å². The van der Waals surface area contributed by atoms with Crippen LogP contribution in [0, 0.1) is 5.82 Å². The van der Waals surface area contributed by atoms with Crippen molar-refractivity contribution in [3.8, 4) is 5.75 Å². The number of para-hydroxylation sites is 1. The summed E-state index contributed by atoms with van der Waals surface area (Å²) in [7, 11) is 3.22. The molecule has 1 amide bonds. The van der Waals surface area contributed by atoms with Crippen LogP contribution in [-0.4, -0.2) is 49.9 Å². The van der Waals surface area contributed by atoms with Crippen molar-refractivity contribution in [1.29, 1.82) is 0 Å². The number of likely N-dealkylation sites (N-methyl/N-ethyl adjacent to an activating group) is 1. The van der Waals surface area contributed by atoms with E-state index in [9.17, 15) is 9.18 Å². The van der Waals surface area contributed by atoms with Gasteiger partial charge in [-0.3, -0.25) is 4.79 Å². The first kappa shape index (κ1) is 16.1. The normalized spacial score (nSPS) is 16.3. The predicted octanol–water partition coefficient (Wildman–Crippen LogP) is 0.948. The number of carbonyl (C=O) groups excluding carboxylic acids is 1. The van der Waals surface area contributed by atoms with E-state index in [1.54, 1.807) is 32.3 Å².